The van der Waals surface area contributed by atoms with E-state index in [0.29, 0.717) is 0 Å². The summed E-state index contributed by atoms with van der Waals surface area (Å²) in [7, 11) is 0. The average molecular weight is 373 g/mol. The minimum absolute atomic E-state index is 0.0409. The Bertz CT molecular complexity index is 706. The molecular weight excluding hydrogens is 345 g/mol. The van der Waals surface area contributed by atoms with Crippen LogP contribution in [0.2, 0.25) is 0 Å². The van der Waals surface area contributed by atoms with Gasteiger partial charge < -0.3 is 9.47 Å². The third-order valence-corrected chi connectivity index (χ3v) is 5.37. The van der Waals surface area contributed by atoms with Gasteiger partial charge in [-0.15, -0.1) is 0 Å². The molecule has 3 heterocycles. The molecule has 146 valence electrons. The lowest BCUT2D eigenvalue weighted by Gasteiger charge is -2.28. The fourth-order valence-corrected chi connectivity index (χ4v) is 3.98. The van der Waals surface area contributed by atoms with E-state index < -0.39 is 0 Å². The number of aromatic nitrogens is 2. The van der Waals surface area contributed by atoms with Crippen LogP contribution in [0.1, 0.15) is 49.6 Å². The molecule has 0 spiro atoms. The molecule has 0 unspecified atom stereocenters. The average Bonchev–Trinajstić information content (AvgIpc) is 3.36. The maximum absolute atomic E-state index is 13.3. The summed E-state index contributed by atoms with van der Waals surface area (Å²) in [6.45, 7) is 4.06. The standard InChI is InChI=1S/C21H28FN3O2/c22-18-8-6-17(7-9-18)14-24(16-20-4-3-13-26-20)15-19-10-11-23-25(19)21-5-1-2-12-27-21/h6-11,20-21H,1-5,12-16H2/t20-,21-/m0/s1. The molecule has 0 saturated carbocycles. The largest absolute Gasteiger partial charge is 0.377 e. The molecule has 1 aromatic heterocycles. The van der Waals surface area contributed by atoms with Crippen molar-refractivity contribution in [2.75, 3.05) is 19.8 Å². The summed E-state index contributed by atoms with van der Waals surface area (Å²) in [5.41, 5.74) is 2.26. The first-order chi connectivity index (χ1) is 13.3. The van der Waals surface area contributed by atoms with Crippen molar-refractivity contribution >= 4 is 0 Å². The smallest absolute Gasteiger partial charge is 0.150 e. The summed E-state index contributed by atoms with van der Waals surface area (Å²) < 4.78 is 27.1. The maximum atomic E-state index is 13.3. The highest BCUT2D eigenvalue weighted by Crippen LogP contribution is 2.24. The van der Waals surface area contributed by atoms with Gasteiger partial charge in [0.15, 0.2) is 6.23 Å². The van der Waals surface area contributed by atoms with Crippen LogP contribution in [-0.2, 0) is 22.6 Å². The number of hydrogen-bond donors (Lipinski definition) is 0. The number of hydrogen-bond acceptors (Lipinski definition) is 4. The zero-order chi connectivity index (χ0) is 18.5. The van der Waals surface area contributed by atoms with Gasteiger partial charge in [0.2, 0.25) is 0 Å². The van der Waals surface area contributed by atoms with Crippen LogP contribution in [0.5, 0.6) is 0 Å². The zero-order valence-electron chi connectivity index (χ0n) is 15.7. The molecule has 0 aliphatic carbocycles. The molecule has 0 bridgehead atoms. The topological polar surface area (TPSA) is 39.5 Å². The van der Waals surface area contributed by atoms with E-state index in [0.717, 1.165) is 69.8 Å². The maximum Gasteiger partial charge on any atom is 0.150 e. The van der Waals surface area contributed by atoms with Crippen LogP contribution < -0.4 is 0 Å². The van der Waals surface area contributed by atoms with Crippen LogP contribution in [-0.4, -0.2) is 40.5 Å². The fourth-order valence-electron chi connectivity index (χ4n) is 3.98. The van der Waals surface area contributed by atoms with Gasteiger partial charge in [-0.2, -0.15) is 5.10 Å². The van der Waals surface area contributed by atoms with Crippen molar-refractivity contribution < 1.29 is 13.9 Å². The van der Waals surface area contributed by atoms with Crippen LogP contribution in [0.25, 0.3) is 0 Å². The van der Waals surface area contributed by atoms with Gasteiger partial charge in [-0.25, -0.2) is 9.07 Å². The van der Waals surface area contributed by atoms with E-state index in [4.69, 9.17) is 9.47 Å². The first-order valence-electron chi connectivity index (χ1n) is 10.0. The second kappa shape index (κ2) is 8.95. The monoisotopic (exact) mass is 373 g/mol. The second-order valence-electron chi connectivity index (χ2n) is 7.52. The zero-order valence-corrected chi connectivity index (χ0v) is 15.7. The van der Waals surface area contributed by atoms with E-state index in [1.54, 1.807) is 0 Å². The third-order valence-electron chi connectivity index (χ3n) is 5.37. The van der Waals surface area contributed by atoms with Crippen LogP contribution in [0.15, 0.2) is 36.5 Å². The van der Waals surface area contributed by atoms with Crippen molar-refractivity contribution in [1.82, 2.24) is 14.7 Å². The molecule has 2 atom stereocenters. The summed E-state index contributed by atoms with van der Waals surface area (Å²) in [5, 5.41) is 4.53. The van der Waals surface area contributed by atoms with Crippen molar-refractivity contribution in [1.29, 1.82) is 0 Å². The lowest BCUT2D eigenvalue weighted by atomic mass is 10.1. The van der Waals surface area contributed by atoms with E-state index in [9.17, 15) is 4.39 Å². The lowest BCUT2D eigenvalue weighted by Crippen LogP contribution is -2.33. The molecule has 1 aromatic carbocycles. The Labute approximate surface area is 160 Å². The van der Waals surface area contributed by atoms with Crippen molar-refractivity contribution in [2.24, 2.45) is 0 Å². The van der Waals surface area contributed by atoms with Crippen molar-refractivity contribution in [3.05, 3.63) is 53.6 Å². The molecule has 2 aliphatic heterocycles. The Hall–Kier alpha value is -1.76. The Morgan fingerprint density at radius 1 is 1.00 bits per heavy atom. The normalized spacial score (nSPS) is 23.2. The van der Waals surface area contributed by atoms with E-state index >= 15 is 0 Å². The minimum Gasteiger partial charge on any atom is -0.377 e. The third kappa shape index (κ3) is 4.94. The van der Waals surface area contributed by atoms with E-state index in [1.807, 2.05) is 23.0 Å². The van der Waals surface area contributed by atoms with Gasteiger partial charge in [-0.3, -0.25) is 4.90 Å². The molecule has 2 saturated heterocycles. The predicted octanol–water partition coefficient (Wildman–Crippen LogP) is 3.90. The first-order valence-corrected chi connectivity index (χ1v) is 10.0. The number of benzene rings is 1. The van der Waals surface area contributed by atoms with Gasteiger partial charge in [0.25, 0.3) is 0 Å². The highest BCUT2D eigenvalue weighted by molar-refractivity contribution is 5.16. The molecular formula is C21H28FN3O2. The summed E-state index contributed by atoms with van der Waals surface area (Å²) in [4.78, 5) is 2.37. The quantitative estimate of drug-likeness (QED) is 0.738. The van der Waals surface area contributed by atoms with Gasteiger partial charge in [0.05, 0.1) is 11.8 Å². The minimum atomic E-state index is -0.197. The molecule has 6 heteroatoms. The lowest BCUT2D eigenvalue weighted by molar-refractivity contribution is -0.0424. The molecule has 27 heavy (non-hydrogen) atoms. The highest BCUT2D eigenvalue weighted by Gasteiger charge is 2.23. The van der Waals surface area contributed by atoms with E-state index in [2.05, 4.69) is 16.1 Å². The summed E-state index contributed by atoms with van der Waals surface area (Å²) in [5.74, 6) is -0.197. The highest BCUT2D eigenvalue weighted by atomic mass is 19.1. The van der Waals surface area contributed by atoms with Crippen LogP contribution in [0, 0.1) is 5.82 Å². The van der Waals surface area contributed by atoms with E-state index in [-0.39, 0.29) is 18.1 Å². The molecule has 2 aliphatic rings. The van der Waals surface area contributed by atoms with Gasteiger partial charge >= 0.3 is 0 Å². The Balaban J connectivity index is 1.48. The number of halogens is 1. The first kappa shape index (κ1) is 18.6. The molecule has 4 rings (SSSR count). The van der Waals surface area contributed by atoms with Crippen LogP contribution >= 0.6 is 0 Å². The Morgan fingerprint density at radius 3 is 2.59 bits per heavy atom. The van der Waals surface area contributed by atoms with Crippen molar-refractivity contribution in [3.8, 4) is 0 Å². The summed E-state index contributed by atoms with van der Waals surface area (Å²) in [6, 6.07) is 8.85. The van der Waals surface area contributed by atoms with Crippen LogP contribution in [0.3, 0.4) is 0 Å². The van der Waals surface area contributed by atoms with Crippen molar-refractivity contribution in [2.45, 2.75) is 57.5 Å². The Kier molecular flexibility index (Phi) is 6.17. The van der Waals surface area contributed by atoms with Gasteiger partial charge in [0.1, 0.15) is 5.82 Å². The molecule has 2 aromatic rings. The predicted molar refractivity (Wildman–Crippen MR) is 101 cm³/mol. The number of rotatable bonds is 7. The van der Waals surface area contributed by atoms with Gasteiger partial charge in [0, 0.05) is 39.0 Å². The second-order valence-corrected chi connectivity index (χ2v) is 7.52. The van der Waals surface area contributed by atoms with Crippen LogP contribution in [0.4, 0.5) is 4.39 Å². The molecule has 0 radical (unpaired) electrons. The molecule has 2 fully saturated rings. The van der Waals surface area contributed by atoms with Crippen molar-refractivity contribution in [3.63, 3.8) is 0 Å². The summed E-state index contributed by atoms with van der Waals surface area (Å²) in [6.07, 6.45) is 7.72. The van der Waals surface area contributed by atoms with E-state index in [1.165, 1.54) is 18.6 Å². The SMILES string of the molecule is Fc1ccc(CN(Cc2ccnn2[C@@H]2CCCCO2)C[C@@H]2CCCO2)cc1. The summed E-state index contributed by atoms with van der Waals surface area (Å²) >= 11 is 0. The number of nitrogens with zero attached hydrogens (tertiary/aromatic N) is 3. The Morgan fingerprint density at radius 2 is 1.85 bits per heavy atom. The van der Waals surface area contributed by atoms with Gasteiger partial charge in [-0.1, -0.05) is 12.1 Å². The molecule has 0 amide bonds. The molecule has 0 N–H and O–H groups in total. The van der Waals surface area contributed by atoms with Gasteiger partial charge in [-0.05, 0) is 55.9 Å². The fraction of sp³-hybridized carbons (Fsp3) is 0.571. The number of ether oxygens (including phenoxy) is 2. The molecule has 5 nitrogen and oxygen atoms in total.